The van der Waals surface area contributed by atoms with E-state index in [0.29, 0.717) is 0 Å². The van der Waals surface area contributed by atoms with E-state index < -0.39 is 11.8 Å². The normalized spacial score (nSPS) is 13.1. The van der Waals surface area contributed by atoms with Crippen molar-refractivity contribution in [3.63, 3.8) is 0 Å². The second-order valence-corrected chi connectivity index (χ2v) is 4.67. The summed E-state index contributed by atoms with van der Waals surface area (Å²) in [6.07, 6.45) is 2.88. The van der Waals surface area contributed by atoms with Crippen molar-refractivity contribution in [3.8, 4) is 0 Å². The van der Waals surface area contributed by atoms with E-state index in [1.54, 1.807) is 6.07 Å². The fourth-order valence-corrected chi connectivity index (χ4v) is 2.23. The number of carbonyl (C=O) groups excluding carboxylic acids is 1. The first-order valence-electron chi connectivity index (χ1n) is 6.67. The largest absolute Gasteiger partial charge is 0.354 e. The molecule has 0 aromatic heterocycles. The van der Waals surface area contributed by atoms with Gasteiger partial charge in [-0.05, 0) is 30.4 Å². The summed E-state index contributed by atoms with van der Waals surface area (Å²) in [6.45, 7) is 4.12. The molecule has 1 amide bonds. The smallest absolute Gasteiger partial charge is 0.349 e. The number of alkyl halides is 2. The number of rotatable bonds is 6. The van der Waals surface area contributed by atoms with Crippen LogP contribution in [0.1, 0.15) is 50.2 Å². The summed E-state index contributed by atoms with van der Waals surface area (Å²) in [5.74, 6) is -4.48. The summed E-state index contributed by atoms with van der Waals surface area (Å²) in [5, 5.41) is 2.00. The molecule has 0 saturated carbocycles. The van der Waals surface area contributed by atoms with Crippen LogP contribution in [0, 0.1) is 0 Å². The Kier molecular flexibility index (Phi) is 5.45. The van der Waals surface area contributed by atoms with Crippen molar-refractivity contribution in [3.05, 3.63) is 35.4 Å². The lowest BCUT2D eigenvalue weighted by molar-refractivity contribution is -0.146. The summed E-state index contributed by atoms with van der Waals surface area (Å²) in [4.78, 5) is 11.2. The van der Waals surface area contributed by atoms with E-state index in [9.17, 15) is 13.6 Å². The highest BCUT2D eigenvalue weighted by molar-refractivity contribution is 5.84. The van der Waals surface area contributed by atoms with Crippen molar-refractivity contribution < 1.29 is 13.6 Å². The summed E-state index contributed by atoms with van der Waals surface area (Å²) in [6, 6.07) is 6.21. The fraction of sp³-hybridized carbons (Fsp3) is 0.533. The Hall–Kier alpha value is -1.45. The highest BCUT2D eigenvalue weighted by atomic mass is 19.3. The number of halogens is 2. The van der Waals surface area contributed by atoms with Gasteiger partial charge in [0.15, 0.2) is 0 Å². The van der Waals surface area contributed by atoms with E-state index in [4.69, 9.17) is 0 Å². The molecule has 1 aromatic rings. The van der Waals surface area contributed by atoms with Crippen molar-refractivity contribution in [2.75, 3.05) is 7.05 Å². The number of amides is 1. The molecule has 0 heterocycles. The van der Waals surface area contributed by atoms with Gasteiger partial charge in [0, 0.05) is 12.6 Å². The molecule has 1 aromatic carbocycles. The van der Waals surface area contributed by atoms with E-state index in [-0.39, 0.29) is 11.5 Å². The Morgan fingerprint density at radius 3 is 2.58 bits per heavy atom. The van der Waals surface area contributed by atoms with Crippen LogP contribution in [0.15, 0.2) is 24.3 Å². The van der Waals surface area contributed by atoms with Crippen LogP contribution in [0.25, 0.3) is 0 Å². The standard InChI is InChI=1S/C15H21F2NO/c1-4-7-11(5-2)12-8-6-9-13(10-12)15(16,17)14(19)18-3/h6,8-11H,4-5,7H2,1-3H3,(H,18,19). The van der Waals surface area contributed by atoms with E-state index in [1.807, 2.05) is 18.3 Å². The average molecular weight is 269 g/mol. The molecule has 1 rings (SSSR count). The number of hydrogen-bond acceptors (Lipinski definition) is 1. The fourth-order valence-electron chi connectivity index (χ4n) is 2.23. The molecule has 0 spiro atoms. The van der Waals surface area contributed by atoms with Crippen LogP contribution in [-0.2, 0) is 10.7 Å². The molecule has 2 nitrogen and oxygen atoms in total. The predicted molar refractivity (Wildman–Crippen MR) is 72.3 cm³/mol. The predicted octanol–water partition coefficient (Wildman–Crippen LogP) is 3.82. The van der Waals surface area contributed by atoms with E-state index in [2.05, 4.69) is 6.92 Å². The first-order valence-corrected chi connectivity index (χ1v) is 6.67. The molecule has 1 unspecified atom stereocenters. The van der Waals surface area contributed by atoms with Crippen molar-refractivity contribution in [2.24, 2.45) is 0 Å². The average Bonchev–Trinajstić information content (AvgIpc) is 2.43. The molecule has 19 heavy (non-hydrogen) atoms. The Morgan fingerprint density at radius 2 is 2.05 bits per heavy atom. The Morgan fingerprint density at radius 1 is 1.37 bits per heavy atom. The minimum Gasteiger partial charge on any atom is -0.354 e. The summed E-state index contributed by atoms with van der Waals surface area (Å²) in [7, 11) is 1.21. The maximum Gasteiger partial charge on any atom is 0.349 e. The molecule has 0 saturated heterocycles. The van der Waals surface area contributed by atoms with Crippen molar-refractivity contribution >= 4 is 5.91 Å². The van der Waals surface area contributed by atoms with Gasteiger partial charge in [-0.15, -0.1) is 0 Å². The summed E-state index contributed by atoms with van der Waals surface area (Å²) in [5.41, 5.74) is 0.643. The zero-order valence-corrected chi connectivity index (χ0v) is 11.7. The Balaban J connectivity index is 3.09. The summed E-state index contributed by atoms with van der Waals surface area (Å²) < 4.78 is 27.7. The highest BCUT2D eigenvalue weighted by Crippen LogP contribution is 2.32. The van der Waals surface area contributed by atoms with Gasteiger partial charge in [-0.1, -0.05) is 38.5 Å². The summed E-state index contributed by atoms with van der Waals surface area (Å²) >= 11 is 0. The van der Waals surface area contributed by atoms with E-state index in [1.165, 1.54) is 19.2 Å². The molecular weight excluding hydrogens is 248 g/mol. The maximum absolute atomic E-state index is 13.9. The van der Waals surface area contributed by atoms with Crippen molar-refractivity contribution in [1.29, 1.82) is 0 Å². The van der Waals surface area contributed by atoms with Crippen LogP contribution >= 0.6 is 0 Å². The van der Waals surface area contributed by atoms with Gasteiger partial charge in [0.2, 0.25) is 0 Å². The van der Waals surface area contributed by atoms with Gasteiger partial charge in [0.05, 0.1) is 0 Å². The molecule has 0 aliphatic heterocycles. The molecule has 0 fully saturated rings. The second kappa shape index (κ2) is 6.64. The van der Waals surface area contributed by atoms with E-state index in [0.717, 1.165) is 24.8 Å². The van der Waals surface area contributed by atoms with Gasteiger partial charge in [0.1, 0.15) is 0 Å². The van der Waals surface area contributed by atoms with Gasteiger partial charge in [-0.3, -0.25) is 4.79 Å². The van der Waals surface area contributed by atoms with E-state index >= 15 is 0 Å². The third-order valence-electron chi connectivity index (χ3n) is 3.36. The maximum atomic E-state index is 13.9. The SMILES string of the molecule is CCCC(CC)c1cccc(C(F)(F)C(=O)NC)c1. The molecule has 4 heteroatoms. The monoisotopic (exact) mass is 269 g/mol. The molecule has 0 bridgehead atoms. The highest BCUT2D eigenvalue weighted by Gasteiger charge is 2.40. The lowest BCUT2D eigenvalue weighted by Crippen LogP contribution is -2.35. The van der Waals surface area contributed by atoms with Crippen LogP contribution in [0.4, 0.5) is 8.78 Å². The molecule has 1 atom stereocenters. The first kappa shape index (κ1) is 15.6. The Bertz CT molecular complexity index is 432. The zero-order valence-electron chi connectivity index (χ0n) is 11.7. The Labute approximate surface area is 113 Å². The van der Waals surface area contributed by atoms with Crippen LogP contribution in [0.3, 0.4) is 0 Å². The molecule has 0 radical (unpaired) electrons. The number of carbonyl (C=O) groups is 1. The molecule has 0 aliphatic carbocycles. The lowest BCUT2D eigenvalue weighted by atomic mass is 9.90. The number of benzene rings is 1. The van der Waals surface area contributed by atoms with Crippen LogP contribution in [-0.4, -0.2) is 13.0 Å². The molecule has 106 valence electrons. The van der Waals surface area contributed by atoms with Gasteiger partial charge < -0.3 is 5.32 Å². The van der Waals surface area contributed by atoms with Gasteiger partial charge in [0.25, 0.3) is 5.91 Å². The third-order valence-corrected chi connectivity index (χ3v) is 3.36. The molecule has 0 aliphatic rings. The first-order chi connectivity index (χ1) is 8.97. The number of hydrogen-bond donors (Lipinski definition) is 1. The minimum absolute atomic E-state index is 0.237. The lowest BCUT2D eigenvalue weighted by Gasteiger charge is -2.19. The van der Waals surface area contributed by atoms with Crippen molar-refractivity contribution in [2.45, 2.75) is 45.0 Å². The second-order valence-electron chi connectivity index (χ2n) is 4.67. The minimum atomic E-state index is -3.48. The molecular formula is C15H21F2NO. The number of nitrogens with one attached hydrogen (secondary N) is 1. The van der Waals surface area contributed by atoms with Gasteiger partial charge >= 0.3 is 5.92 Å². The zero-order chi connectivity index (χ0) is 14.5. The molecule has 1 N–H and O–H groups in total. The van der Waals surface area contributed by atoms with Gasteiger partial charge in [-0.25, -0.2) is 0 Å². The topological polar surface area (TPSA) is 29.1 Å². The quantitative estimate of drug-likeness (QED) is 0.835. The van der Waals surface area contributed by atoms with Crippen LogP contribution in [0.5, 0.6) is 0 Å². The number of likely N-dealkylation sites (N-methyl/N-ethyl adjacent to an activating group) is 1. The van der Waals surface area contributed by atoms with Crippen molar-refractivity contribution in [1.82, 2.24) is 5.32 Å². The third kappa shape index (κ3) is 3.52. The van der Waals surface area contributed by atoms with Crippen LogP contribution in [0.2, 0.25) is 0 Å². The van der Waals surface area contributed by atoms with Gasteiger partial charge in [-0.2, -0.15) is 8.78 Å². The van der Waals surface area contributed by atoms with Crippen LogP contribution < -0.4 is 5.32 Å².